The van der Waals surface area contributed by atoms with Gasteiger partial charge in [-0.05, 0) is 13.3 Å². The molecule has 0 bridgehead atoms. The highest BCUT2D eigenvalue weighted by Crippen LogP contribution is 2.02. The van der Waals surface area contributed by atoms with E-state index in [2.05, 4.69) is 0 Å². The third kappa shape index (κ3) is 3.18. The minimum Gasteiger partial charge on any atom is -0.501 e. The second kappa shape index (κ2) is 5.35. The lowest BCUT2D eigenvalue weighted by Crippen LogP contribution is -2.15. The molecule has 0 aromatic rings. The van der Waals surface area contributed by atoms with Crippen LogP contribution in [0.25, 0.3) is 0 Å². The Morgan fingerprint density at radius 3 is 2.33 bits per heavy atom. The van der Waals surface area contributed by atoms with Gasteiger partial charge in [-0.15, -0.1) is 0 Å². The van der Waals surface area contributed by atoms with Crippen LogP contribution >= 0.6 is 0 Å². The molecule has 0 atom stereocenters. The number of aliphatic carboxylic acids is 1. The number of carbonyl (C=O) groups excluding carboxylic acids is 1. The highest BCUT2D eigenvalue weighted by Gasteiger charge is 2.15. The van der Waals surface area contributed by atoms with Crippen molar-refractivity contribution in [2.45, 2.75) is 20.3 Å². The Kier molecular flexibility index (Phi) is 4.76. The van der Waals surface area contributed by atoms with Gasteiger partial charge >= 0.3 is 5.97 Å². The van der Waals surface area contributed by atoms with Crippen molar-refractivity contribution in [2.24, 2.45) is 0 Å². The standard InChI is InChI=1S/C8H12O4/c1-3-6(5-12-4-2)7(9)8(10)11/h5H,3-4H2,1-2H3,(H,10,11). The molecular weight excluding hydrogens is 160 g/mol. The van der Waals surface area contributed by atoms with Crippen molar-refractivity contribution < 1.29 is 19.4 Å². The van der Waals surface area contributed by atoms with Crippen LogP contribution in [0.4, 0.5) is 0 Å². The van der Waals surface area contributed by atoms with Crippen molar-refractivity contribution in [1.82, 2.24) is 0 Å². The lowest BCUT2D eigenvalue weighted by molar-refractivity contribution is -0.147. The fourth-order valence-corrected chi connectivity index (χ4v) is 0.619. The summed E-state index contributed by atoms with van der Waals surface area (Å²) in [6.07, 6.45) is 1.57. The van der Waals surface area contributed by atoms with Gasteiger partial charge in [0.2, 0.25) is 0 Å². The molecule has 0 aromatic carbocycles. The lowest BCUT2D eigenvalue weighted by Gasteiger charge is -1.99. The van der Waals surface area contributed by atoms with E-state index in [0.29, 0.717) is 13.0 Å². The van der Waals surface area contributed by atoms with E-state index < -0.39 is 11.8 Å². The summed E-state index contributed by atoms with van der Waals surface area (Å²) in [7, 11) is 0. The number of rotatable bonds is 5. The fourth-order valence-electron chi connectivity index (χ4n) is 0.619. The average molecular weight is 172 g/mol. The van der Waals surface area contributed by atoms with Crippen molar-refractivity contribution >= 4 is 11.8 Å². The zero-order valence-electron chi connectivity index (χ0n) is 7.16. The first-order valence-corrected chi connectivity index (χ1v) is 3.71. The molecule has 0 radical (unpaired) electrons. The Hall–Kier alpha value is -1.32. The zero-order valence-corrected chi connectivity index (χ0v) is 7.16. The second-order valence-electron chi connectivity index (χ2n) is 2.09. The number of hydrogen-bond acceptors (Lipinski definition) is 3. The van der Waals surface area contributed by atoms with Crippen molar-refractivity contribution in [1.29, 1.82) is 0 Å². The maximum absolute atomic E-state index is 10.8. The Morgan fingerprint density at radius 2 is 2.00 bits per heavy atom. The lowest BCUT2D eigenvalue weighted by atomic mass is 10.1. The quantitative estimate of drug-likeness (QED) is 0.381. The minimum atomic E-state index is -1.44. The normalized spacial score (nSPS) is 11.0. The Balaban J connectivity index is 4.34. The number of carbonyl (C=O) groups is 2. The summed E-state index contributed by atoms with van der Waals surface area (Å²) in [5.41, 5.74) is 0.185. The number of Topliss-reactive ketones (excluding diaryl/α,β-unsaturated/α-hetero) is 1. The molecule has 0 aliphatic rings. The van der Waals surface area contributed by atoms with E-state index in [1.807, 2.05) is 0 Å². The molecule has 0 heterocycles. The number of carboxylic acid groups (broad SMARTS) is 1. The third-order valence-electron chi connectivity index (χ3n) is 1.26. The summed E-state index contributed by atoms with van der Waals surface area (Å²) in [6, 6.07) is 0. The van der Waals surface area contributed by atoms with E-state index in [0.717, 1.165) is 0 Å². The number of ether oxygens (including phenoxy) is 1. The Labute approximate surface area is 70.8 Å². The van der Waals surface area contributed by atoms with Gasteiger partial charge in [0, 0.05) is 5.57 Å². The SMILES string of the molecule is CCOC=C(CC)C(=O)C(=O)O. The summed E-state index contributed by atoms with van der Waals surface area (Å²) >= 11 is 0. The molecule has 68 valence electrons. The van der Waals surface area contributed by atoms with E-state index in [1.54, 1.807) is 13.8 Å². The molecular formula is C8H12O4. The highest BCUT2D eigenvalue weighted by molar-refractivity contribution is 6.39. The number of ketones is 1. The highest BCUT2D eigenvalue weighted by atomic mass is 16.5. The van der Waals surface area contributed by atoms with Crippen LogP contribution < -0.4 is 0 Å². The first-order chi connectivity index (χ1) is 5.63. The van der Waals surface area contributed by atoms with Gasteiger partial charge in [0.15, 0.2) is 0 Å². The predicted octanol–water partition coefficient (Wildman–Crippen LogP) is 0.970. The van der Waals surface area contributed by atoms with Crippen LogP contribution in [0.1, 0.15) is 20.3 Å². The van der Waals surface area contributed by atoms with Gasteiger partial charge in [-0.2, -0.15) is 0 Å². The molecule has 1 N–H and O–H groups in total. The first-order valence-electron chi connectivity index (χ1n) is 3.71. The molecule has 0 fully saturated rings. The third-order valence-corrected chi connectivity index (χ3v) is 1.26. The largest absolute Gasteiger partial charge is 0.501 e. The van der Waals surface area contributed by atoms with Crippen LogP contribution in [-0.2, 0) is 14.3 Å². The van der Waals surface area contributed by atoms with E-state index in [9.17, 15) is 9.59 Å². The molecule has 4 nitrogen and oxygen atoms in total. The summed E-state index contributed by atoms with van der Waals surface area (Å²) in [4.78, 5) is 21.0. The van der Waals surface area contributed by atoms with Gasteiger partial charge < -0.3 is 9.84 Å². The maximum Gasteiger partial charge on any atom is 0.377 e. The van der Waals surface area contributed by atoms with Gasteiger partial charge in [0.1, 0.15) is 0 Å². The number of carboxylic acids is 1. The Bertz CT molecular complexity index is 205. The summed E-state index contributed by atoms with van der Waals surface area (Å²) in [6.45, 7) is 3.89. The molecule has 0 unspecified atom stereocenters. The van der Waals surface area contributed by atoms with E-state index in [-0.39, 0.29) is 5.57 Å². The molecule has 0 saturated carbocycles. The van der Waals surface area contributed by atoms with Gasteiger partial charge in [0.25, 0.3) is 5.78 Å². The Morgan fingerprint density at radius 1 is 1.42 bits per heavy atom. The van der Waals surface area contributed by atoms with E-state index in [4.69, 9.17) is 9.84 Å². The first kappa shape index (κ1) is 10.7. The van der Waals surface area contributed by atoms with Gasteiger partial charge in [-0.1, -0.05) is 6.92 Å². The van der Waals surface area contributed by atoms with Crippen LogP contribution in [0.15, 0.2) is 11.8 Å². The summed E-state index contributed by atoms with van der Waals surface area (Å²) in [5.74, 6) is -2.34. The second-order valence-corrected chi connectivity index (χ2v) is 2.09. The fraction of sp³-hybridized carbons (Fsp3) is 0.500. The van der Waals surface area contributed by atoms with Crippen LogP contribution in [0.3, 0.4) is 0 Å². The molecule has 0 saturated heterocycles. The predicted molar refractivity (Wildman–Crippen MR) is 42.6 cm³/mol. The molecule has 0 aliphatic heterocycles. The van der Waals surface area contributed by atoms with Crippen molar-refractivity contribution in [3.63, 3.8) is 0 Å². The van der Waals surface area contributed by atoms with E-state index in [1.165, 1.54) is 6.26 Å². The molecule has 0 aromatic heterocycles. The maximum atomic E-state index is 10.8. The zero-order chi connectivity index (χ0) is 9.56. The van der Waals surface area contributed by atoms with Crippen LogP contribution in [0, 0.1) is 0 Å². The van der Waals surface area contributed by atoms with Crippen LogP contribution in [-0.4, -0.2) is 23.5 Å². The van der Waals surface area contributed by atoms with Gasteiger partial charge in [-0.25, -0.2) is 4.79 Å². The number of hydrogen-bond donors (Lipinski definition) is 1. The van der Waals surface area contributed by atoms with Gasteiger partial charge in [-0.3, -0.25) is 4.79 Å². The smallest absolute Gasteiger partial charge is 0.377 e. The van der Waals surface area contributed by atoms with Crippen LogP contribution in [0.5, 0.6) is 0 Å². The molecule has 4 heteroatoms. The molecule has 0 spiro atoms. The van der Waals surface area contributed by atoms with Gasteiger partial charge in [0.05, 0.1) is 12.9 Å². The van der Waals surface area contributed by atoms with Crippen molar-refractivity contribution in [3.8, 4) is 0 Å². The average Bonchev–Trinajstić information content (AvgIpc) is 2.05. The summed E-state index contributed by atoms with van der Waals surface area (Å²) in [5, 5.41) is 8.34. The molecule has 0 amide bonds. The minimum absolute atomic E-state index is 0.185. The van der Waals surface area contributed by atoms with Crippen LogP contribution in [0.2, 0.25) is 0 Å². The topological polar surface area (TPSA) is 63.6 Å². The summed E-state index contributed by atoms with van der Waals surface area (Å²) < 4.78 is 4.81. The van der Waals surface area contributed by atoms with Crippen molar-refractivity contribution in [2.75, 3.05) is 6.61 Å². The van der Waals surface area contributed by atoms with Crippen molar-refractivity contribution in [3.05, 3.63) is 11.8 Å². The molecule has 12 heavy (non-hydrogen) atoms. The van der Waals surface area contributed by atoms with E-state index >= 15 is 0 Å². The molecule has 0 rings (SSSR count). The molecule has 0 aliphatic carbocycles. The monoisotopic (exact) mass is 172 g/mol.